The van der Waals surface area contributed by atoms with Crippen molar-refractivity contribution in [3.63, 3.8) is 0 Å². The molecule has 1 rings (SSSR count). The number of carboxylic acid groups (broad SMARTS) is 1. The molecule has 1 unspecified atom stereocenters. The van der Waals surface area contributed by atoms with E-state index >= 15 is 0 Å². The predicted octanol–water partition coefficient (Wildman–Crippen LogP) is 2.88. The summed E-state index contributed by atoms with van der Waals surface area (Å²) in [5, 5.41) is 12.0. The summed E-state index contributed by atoms with van der Waals surface area (Å²) in [5.74, 6) is 1.68. The summed E-state index contributed by atoms with van der Waals surface area (Å²) in [6, 6.07) is 1.79. The van der Waals surface area contributed by atoms with E-state index < -0.39 is 5.97 Å². The standard InChI is InChI=1S/C15H25N3O3/c1-4-12(6-7-15(19)20)8-9-16-13-10-14(21-5-2)18-11(3)17-13/h10,12H,4-9H2,1-3H3,(H,19,20)(H,16,17,18). The third-order valence-corrected chi connectivity index (χ3v) is 3.31. The summed E-state index contributed by atoms with van der Waals surface area (Å²) in [7, 11) is 0. The summed E-state index contributed by atoms with van der Waals surface area (Å²) in [6.45, 7) is 7.17. The van der Waals surface area contributed by atoms with Crippen LogP contribution in [0.1, 0.15) is 45.4 Å². The topological polar surface area (TPSA) is 84.3 Å². The molecule has 0 fully saturated rings. The van der Waals surface area contributed by atoms with Gasteiger partial charge in [-0.1, -0.05) is 13.3 Å². The molecule has 0 amide bonds. The first-order chi connectivity index (χ1) is 10.0. The Morgan fingerprint density at radius 1 is 1.38 bits per heavy atom. The van der Waals surface area contributed by atoms with Crippen LogP contribution in [0.3, 0.4) is 0 Å². The highest BCUT2D eigenvalue weighted by molar-refractivity contribution is 5.66. The molecule has 6 heteroatoms. The van der Waals surface area contributed by atoms with E-state index in [9.17, 15) is 4.79 Å². The second-order valence-corrected chi connectivity index (χ2v) is 4.99. The Morgan fingerprint density at radius 2 is 2.14 bits per heavy atom. The van der Waals surface area contributed by atoms with Crippen LogP contribution in [-0.4, -0.2) is 34.2 Å². The Labute approximate surface area is 126 Å². The predicted molar refractivity (Wildman–Crippen MR) is 81.7 cm³/mol. The first-order valence-corrected chi connectivity index (χ1v) is 7.49. The van der Waals surface area contributed by atoms with E-state index in [1.165, 1.54) is 0 Å². The lowest BCUT2D eigenvalue weighted by Gasteiger charge is -2.14. The number of ether oxygens (including phenoxy) is 1. The van der Waals surface area contributed by atoms with E-state index in [0.29, 0.717) is 24.2 Å². The van der Waals surface area contributed by atoms with Crippen LogP contribution >= 0.6 is 0 Å². The molecule has 1 aromatic heterocycles. The van der Waals surface area contributed by atoms with Gasteiger partial charge in [0.25, 0.3) is 0 Å². The van der Waals surface area contributed by atoms with Gasteiger partial charge in [0, 0.05) is 19.0 Å². The average molecular weight is 295 g/mol. The maximum absolute atomic E-state index is 10.6. The van der Waals surface area contributed by atoms with Crippen LogP contribution in [0.25, 0.3) is 0 Å². The molecule has 1 heterocycles. The second kappa shape index (κ2) is 9.15. The molecule has 0 aliphatic carbocycles. The number of aromatic nitrogens is 2. The summed E-state index contributed by atoms with van der Waals surface area (Å²) in [5.41, 5.74) is 0. The van der Waals surface area contributed by atoms with Crippen molar-refractivity contribution in [1.82, 2.24) is 9.97 Å². The van der Waals surface area contributed by atoms with E-state index in [0.717, 1.165) is 31.6 Å². The Bertz CT molecular complexity index is 452. The molecular formula is C15H25N3O3. The van der Waals surface area contributed by atoms with E-state index in [2.05, 4.69) is 22.2 Å². The SMILES string of the molecule is CCOc1cc(NCCC(CC)CCC(=O)O)nc(C)n1. The van der Waals surface area contributed by atoms with Gasteiger partial charge < -0.3 is 15.2 Å². The maximum atomic E-state index is 10.6. The Hall–Kier alpha value is -1.85. The lowest BCUT2D eigenvalue weighted by atomic mass is 9.97. The normalized spacial score (nSPS) is 12.0. The molecule has 1 atom stereocenters. The molecule has 0 bridgehead atoms. The van der Waals surface area contributed by atoms with Crippen molar-refractivity contribution in [3.05, 3.63) is 11.9 Å². The molecule has 0 aromatic carbocycles. The van der Waals surface area contributed by atoms with Crippen molar-refractivity contribution in [3.8, 4) is 5.88 Å². The first kappa shape index (κ1) is 17.2. The van der Waals surface area contributed by atoms with E-state index in [-0.39, 0.29) is 6.42 Å². The molecule has 6 nitrogen and oxygen atoms in total. The van der Waals surface area contributed by atoms with Gasteiger partial charge in [-0.3, -0.25) is 4.79 Å². The van der Waals surface area contributed by atoms with Gasteiger partial charge in [0.1, 0.15) is 11.6 Å². The Morgan fingerprint density at radius 3 is 2.76 bits per heavy atom. The molecule has 0 aliphatic heterocycles. The van der Waals surface area contributed by atoms with Crippen LogP contribution in [0, 0.1) is 12.8 Å². The van der Waals surface area contributed by atoms with E-state index in [1.807, 2.05) is 13.8 Å². The van der Waals surface area contributed by atoms with Crippen LogP contribution in [0.2, 0.25) is 0 Å². The van der Waals surface area contributed by atoms with Crippen LogP contribution in [0.4, 0.5) is 5.82 Å². The summed E-state index contributed by atoms with van der Waals surface area (Å²) in [6.07, 6.45) is 2.87. The van der Waals surface area contributed by atoms with Gasteiger partial charge in [0.2, 0.25) is 5.88 Å². The number of nitrogens with zero attached hydrogens (tertiary/aromatic N) is 2. The van der Waals surface area contributed by atoms with Gasteiger partial charge >= 0.3 is 5.97 Å². The number of aryl methyl sites for hydroxylation is 1. The summed E-state index contributed by atoms with van der Waals surface area (Å²) >= 11 is 0. The number of anilines is 1. The van der Waals surface area contributed by atoms with E-state index in [1.54, 1.807) is 6.07 Å². The third-order valence-electron chi connectivity index (χ3n) is 3.31. The van der Waals surface area contributed by atoms with Crippen LogP contribution < -0.4 is 10.1 Å². The molecule has 0 radical (unpaired) electrons. The Balaban J connectivity index is 2.45. The minimum absolute atomic E-state index is 0.236. The van der Waals surface area contributed by atoms with E-state index in [4.69, 9.17) is 9.84 Å². The minimum Gasteiger partial charge on any atom is -0.481 e. The highest BCUT2D eigenvalue weighted by Crippen LogP contribution is 2.17. The van der Waals surface area contributed by atoms with Gasteiger partial charge in [-0.05, 0) is 32.6 Å². The van der Waals surface area contributed by atoms with Crippen molar-refractivity contribution in [2.75, 3.05) is 18.5 Å². The first-order valence-electron chi connectivity index (χ1n) is 7.49. The number of hydrogen-bond acceptors (Lipinski definition) is 5. The second-order valence-electron chi connectivity index (χ2n) is 4.99. The summed E-state index contributed by atoms with van der Waals surface area (Å²) in [4.78, 5) is 19.1. The highest BCUT2D eigenvalue weighted by atomic mass is 16.5. The molecule has 0 spiro atoms. The number of hydrogen-bond donors (Lipinski definition) is 2. The molecular weight excluding hydrogens is 270 g/mol. The van der Waals surface area contributed by atoms with Crippen LogP contribution in [0.5, 0.6) is 5.88 Å². The lowest BCUT2D eigenvalue weighted by molar-refractivity contribution is -0.137. The molecule has 1 aromatic rings. The maximum Gasteiger partial charge on any atom is 0.303 e. The zero-order valence-electron chi connectivity index (χ0n) is 13.1. The van der Waals surface area contributed by atoms with Crippen molar-refractivity contribution >= 4 is 11.8 Å². The fourth-order valence-electron chi connectivity index (χ4n) is 2.14. The lowest BCUT2D eigenvalue weighted by Crippen LogP contribution is -2.12. The smallest absolute Gasteiger partial charge is 0.303 e. The van der Waals surface area contributed by atoms with Crippen molar-refractivity contribution < 1.29 is 14.6 Å². The average Bonchev–Trinajstić information content (AvgIpc) is 2.42. The monoisotopic (exact) mass is 295 g/mol. The van der Waals surface area contributed by atoms with Gasteiger partial charge in [0.05, 0.1) is 6.61 Å². The fourth-order valence-corrected chi connectivity index (χ4v) is 2.14. The third kappa shape index (κ3) is 6.92. The summed E-state index contributed by atoms with van der Waals surface area (Å²) < 4.78 is 5.38. The zero-order chi connectivity index (χ0) is 15.7. The van der Waals surface area contributed by atoms with Crippen LogP contribution in [0.15, 0.2) is 6.07 Å². The number of nitrogens with one attached hydrogen (secondary N) is 1. The highest BCUT2D eigenvalue weighted by Gasteiger charge is 2.09. The van der Waals surface area contributed by atoms with Crippen molar-refractivity contribution in [2.45, 2.75) is 46.5 Å². The molecule has 118 valence electrons. The van der Waals surface area contributed by atoms with Gasteiger partial charge in [-0.25, -0.2) is 4.98 Å². The fraction of sp³-hybridized carbons (Fsp3) is 0.667. The molecule has 0 aliphatic rings. The minimum atomic E-state index is -0.728. The van der Waals surface area contributed by atoms with Crippen molar-refractivity contribution in [2.24, 2.45) is 5.92 Å². The quantitative estimate of drug-likeness (QED) is 0.690. The Kier molecular flexibility index (Phi) is 7.50. The number of carboxylic acids is 1. The zero-order valence-corrected chi connectivity index (χ0v) is 13.1. The van der Waals surface area contributed by atoms with Gasteiger partial charge in [-0.2, -0.15) is 4.98 Å². The van der Waals surface area contributed by atoms with Gasteiger partial charge in [-0.15, -0.1) is 0 Å². The molecule has 0 saturated heterocycles. The molecule has 21 heavy (non-hydrogen) atoms. The number of rotatable bonds is 10. The largest absolute Gasteiger partial charge is 0.481 e. The van der Waals surface area contributed by atoms with Crippen molar-refractivity contribution in [1.29, 1.82) is 0 Å². The molecule has 0 saturated carbocycles. The number of carbonyl (C=O) groups is 1. The van der Waals surface area contributed by atoms with Gasteiger partial charge in [0.15, 0.2) is 0 Å². The molecule has 2 N–H and O–H groups in total. The number of aliphatic carboxylic acids is 1. The van der Waals surface area contributed by atoms with Crippen LogP contribution in [-0.2, 0) is 4.79 Å².